The maximum Gasteiger partial charge on any atom is 0.339 e. The summed E-state index contributed by atoms with van der Waals surface area (Å²) in [5.74, 6) is -5.29. The summed E-state index contributed by atoms with van der Waals surface area (Å²) in [4.78, 5) is 20.6. The maximum absolute atomic E-state index is 10.3. The van der Waals surface area contributed by atoms with Crippen LogP contribution >= 0.6 is 0 Å². The van der Waals surface area contributed by atoms with E-state index in [0.717, 1.165) is 30.3 Å². The molecule has 2 aromatic carbocycles. The van der Waals surface area contributed by atoms with Crippen molar-refractivity contribution >= 4 is 11.9 Å². The van der Waals surface area contributed by atoms with E-state index >= 15 is 0 Å². The summed E-state index contributed by atoms with van der Waals surface area (Å²) in [6.45, 7) is 0. The van der Waals surface area contributed by atoms with E-state index in [1.165, 1.54) is 0 Å². The summed E-state index contributed by atoms with van der Waals surface area (Å²) < 4.78 is 0. The van der Waals surface area contributed by atoms with Gasteiger partial charge in [-0.1, -0.05) is 0 Å². The Hall–Kier alpha value is -3.62. The molecule has 0 aliphatic carbocycles. The summed E-state index contributed by atoms with van der Waals surface area (Å²) in [5.41, 5.74) is -0.590. The summed E-state index contributed by atoms with van der Waals surface area (Å²) in [6.07, 6.45) is 0. The molecule has 0 aromatic heterocycles. The van der Waals surface area contributed by atoms with Gasteiger partial charge in [0.05, 0.1) is 5.56 Å². The number of aromatic carboxylic acids is 2. The van der Waals surface area contributed by atoms with Crippen LogP contribution in [0.3, 0.4) is 0 Å². The van der Waals surface area contributed by atoms with Crippen LogP contribution in [0.2, 0.25) is 0 Å². The molecular formula is C14H12O9. The molecule has 0 spiro atoms. The Bertz CT molecular complexity index is 732. The smallest absolute Gasteiger partial charge is 0.339 e. The largest absolute Gasteiger partial charge is 0.508 e. The Morgan fingerprint density at radius 3 is 1.65 bits per heavy atom. The average Bonchev–Trinajstić information content (AvgIpc) is 2.44. The Morgan fingerprint density at radius 2 is 1.22 bits per heavy atom. The Balaban J connectivity index is 0.000000231. The van der Waals surface area contributed by atoms with Gasteiger partial charge < -0.3 is 35.7 Å². The molecule has 0 heterocycles. The van der Waals surface area contributed by atoms with Gasteiger partial charge in [-0.05, 0) is 24.3 Å². The molecule has 7 N–H and O–H groups in total. The second-order valence-corrected chi connectivity index (χ2v) is 4.18. The topological polar surface area (TPSA) is 176 Å². The van der Waals surface area contributed by atoms with Gasteiger partial charge in [-0.3, -0.25) is 0 Å². The number of carbonyl (C=O) groups is 2. The quantitative estimate of drug-likeness (QED) is 0.401. The monoisotopic (exact) mass is 324 g/mol. The lowest BCUT2D eigenvalue weighted by atomic mass is 10.2. The number of benzene rings is 2. The van der Waals surface area contributed by atoms with Crippen LogP contribution in [0, 0.1) is 0 Å². The fourth-order valence-electron chi connectivity index (χ4n) is 1.46. The van der Waals surface area contributed by atoms with Crippen LogP contribution in [0.1, 0.15) is 20.7 Å². The summed E-state index contributed by atoms with van der Waals surface area (Å²) in [6, 6.07) is 5.15. The second kappa shape index (κ2) is 6.89. The van der Waals surface area contributed by atoms with Crippen molar-refractivity contribution in [1.82, 2.24) is 0 Å². The van der Waals surface area contributed by atoms with Gasteiger partial charge in [0.1, 0.15) is 17.1 Å². The highest BCUT2D eigenvalue weighted by atomic mass is 16.4. The Kier molecular flexibility index (Phi) is 5.22. The van der Waals surface area contributed by atoms with Crippen LogP contribution in [-0.4, -0.2) is 47.7 Å². The molecule has 0 atom stereocenters. The van der Waals surface area contributed by atoms with Crippen molar-refractivity contribution in [1.29, 1.82) is 0 Å². The highest BCUT2D eigenvalue weighted by molar-refractivity contribution is 5.92. The first-order valence-corrected chi connectivity index (χ1v) is 5.87. The van der Waals surface area contributed by atoms with Crippen molar-refractivity contribution in [3.05, 3.63) is 41.5 Å². The number of carboxylic acid groups (broad SMARTS) is 2. The van der Waals surface area contributed by atoms with Crippen LogP contribution in [0.25, 0.3) is 0 Å². The fourth-order valence-corrected chi connectivity index (χ4v) is 1.46. The second-order valence-electron chi connectivity index (χ2n) is 4.18. The van der Waals surface area contributed by atoms with E-state index in [9.17, 15) is 9.59 Å². The van der Waals surface area contributed by atoms with E-state index < -0.39 is 34.8 Å². The van der Waals surface area contributed by atoms with Gasteiger partial charge in [0.15, 0.2) is 11.5 Å². The third-order valence-corrected chi connectivity index (χ3v) is 2.51. The summed E-state index contributed by atoms with van der Waals surface area (Å²) in [5, 5.41) is 61.1. The number of aromatic hydroxyl groups is 5. The van der Waals surface area contributed by atoms with Crippen LogP contribution < -0.4 is 0 Å². The van der Waals surface area contributed by atoms with E-state index in [2.05, 4.69) is 0 Å². The van der Waals surface area contributed by atoms with Crippen molar-refractivity contribution in [2.75, 3.05) is 0 Å². The molecule has 0 aliphatic heterocycles. The number of carboxylic acids is 2. The zero-order valence-electron chi connectivity index (χ0n) is 11.3. The van der Waals surface area contributed by atoms with E-state index in [-0.39, 0.29) is 17.1 Å². The van der Waals surface area contributed by atoms with Gasteiger partial charge in [0, 0.05) is 6.07 Å². The van der Waals surface area contributed by atoms with Gasteiger partial charge in [-0.25, -0.2) is 9.59 Å². The van der Waals surface area contributed by atoms with Crippen molar-refractivity contribution in [3.8, 4) is 28.7 Å². The van der Waals surface area contributed by atoms with Gasteiger partial charge >= 0.3 is 11.9 Å². The zero-order valence-corrected chi connectivity index (χ0v) is 11.3. The van der Waals surface area contributed by atoms with Gasteiger partial charge in [0.2, 0.25) is 5.75 Å². The molecule has 0 bridgehead atoms. The number of rotatable bonds is 2. The van der Waals surface area contributed by atoms with Crippen LogP contribution in [-0.2, 0) is 0 Å². The van der Waals surface area contributed by atoms with E-state index in [0.29, 0.717) is 0 Å². The lowest BCUT2D eigenvalue weighted by Crippen LogP contribution is -1.96. The number of phenols is 5. The first-order chi connectivity index (χ1) is 10.6. The van der Waals surface area contributed by atoms with Gasteiger partial charge in [-0.2, -0.15) is 0 Å². The summed E-state index contributed by atoms with van der Waals surface area (Å²) in [7, 11) is 0. The molecule has 0 saturated carbocycles. The molecule has 0 unspecified atom stereocenters. The van der Waals surface area contributed by atoms with E-state index in [1.54, 1.807) is 0 Å². The van der Waals surface area contributed by atoms with Crippen molar-refractivity contribution in [3.63, 3.8) is 0 Å². The molecular weight excluding hydrogens is 312 g/mol. The fraction of sp³-hybridized carbons (Fsp3) is 0. The lowest BCUT2D eigenvalue weighted by molar-refractivity contribution is 0.0683. The minimum absolute atomic E-state index is 0.137. The average molecular weight is 324 g/mol. The molecule has 0 amide bonds. The number of phenolic OH excluding ortho intramolecular Hbond substituents is 4. The Morgan fingerprint density at radius 1 is 0.696 bits per heavy atom. The van der Waals surface area contributed by atoms with Gasteiger partial charge in [-0.15, -0.1) is 0 Å². The van der Waals surface area contributed by atoms with E-state index in [4.69, 9.17) is 35.7 Å². The SMILES string of the molecule is O=C(O)c1cc(O)cc(O)c1.O=C(O)c1ccc(O)c(O)c1O. The molecule has 23 heavy (non-hydrogen) atoms. The van der Waals surface area contributed by atoms with Crippen molar-refractivity contribution in [2.45, 2.75) is 0 Å². The highest BCUT2D eigenvalue weighted by Gasteiger charge is 2.15. The maximum atomic E-state index is 10.3. The van der Waals surface area contributed by atoms with Crippen molar-refractivity contribution < 1.29 is 45.3 Å². The predicted molar refractivity (Wildman–Crippen MR) is 75.1 cm³/mol. The third kappa shape index (κ3) is 4.43. The minimum Gasteiger partial charge on any atom is -0.508 e. The van der Waals surface area contributed by atoms with E-state index in [1.807, 2.05) is 0 Å². The zero-order chi connectivity index (χ0) is 17.7. The molecule has 9 heteroatoms. The first kappa shape index (κ1) is 17.4. The van der Waals surface area contributed by atoms with Crippen LogP contribution in [0.15, 0.2) is 30.3 Å². The highest BCUT2D eigenvalue weighted by Crippen LogP contribution is 2.36. The molecule has 0 aliphatic rings. The molecule has 0 radical (unpaired) electrons. The van der Waals surface area contributed by atoms with Gasteiger partial charge in [0.25, 0.3) is 0 Å². The summed E-state index contributed by atoms with van der Waals surface area (Å²) >= 11 is 0. The normalized spacial score (nSPS) is 9.57. The lowest BCUT2D eigenvalue weighted by Gasteiger charge is -2.02. The van der Waals surface area contributed by atoms with Crippen molar-refractivity contribution in [2.24, 2.45) is 0 Å². The molecule has 122 valence electrons. The Labute approximate surface area is 128 Å². The predicted octanol–water partition coefficient (Wildman–Crippen LogP) is 1.30. The number of hydrogen-bond acceptors (Lipinski definition) is 7. The first-order valence-electron chi connectivity index (χ1n) is 5.87. The number of hydrogen-bond donors (Lipinski definition) is 7. The molecule has 0 fully saturated rings. The molecule has 2 aromatic rings. The molecule has 2 rings (SSSR count). The minimum atomic E-state index is -1.37. The standard InChI is InChI=1S/C7H6O5.C7H6O4/c8-4-2-1-3(7(11)12)5(9)6(4)10;8-5-1-4(7(10)11)2-6(9)3-5/h1-2,8-10H,(H,11,12);1-3,8-9H,(H,10,11). The molecule has 9 nitrogen and oxygen atoms in total. The molecule has 0 saturated heterocycles. The van der Waals surface area contributed by atoms with Crippen LogP contribution in [0.4, 0.5) is 0 Å². The van der Waals surface area contributed by atoms with Crippen LogP contribution in [0.5, 0.6) is 28.7 Å². The third-order valence-electron chi connectivity index (χ3n) is 2.51.